The maximum Gasteiger partial charge on any atom is 0.00161 e. The van der Waals surface area contributed by atoms with Gasteiger partial charge in [0.1, 0.15) is 0 Å². The zero-order valence-corrected chi connectivity index (χ0v) is 10.9. The van der Waals surface area contributed by atoms with E-state index < -0.39 is 0 Å². The van der Waals surface area contributed by atoms with Gasteiger partial charge < -0.3 is 10.2 Å². The second-order valence-corrected chi connectivity index (χ2v) is 5.74. The first-order chi connectivity index (χ1) is 6.35. The van der Waals surface area contributed by atoms with Crippen LogP contribution in [0.1, 0.15) is 34.1 Å². The van der Waals surface area contributed by atoms with Gasteiger partial charge in [0.05, 0.1) is 0 Å². The molecule has 0 aliphatic carbocycles. The summed E-state index contributed by atoms with van der Waals surface area (Å²) in [5.41, 5.74) is 0.459. The predicted octanol–water partition coefficient (Wildman–Crippen LogP) is 2.21. The molecule has 2 nitrogen and oxygen atoms in total. The van der Waals surface area contributed by atoms with Crippen LogP contribution in [0.2, 0.25) is 0 Å². The number of rotatable bonds is 6. The van der Waals surface area contributed by atoms with Crippen molar-refractivity contribution in [2.45, 2.75) is 34.1 Å². The van der Waals surface area contributed by atoms with Gasteiger partial charge in [-0.15, -0.1) is 0 Å². The molecule has 0 amide bonds. The second kappa shape index (κ2) is 6.41. The summed E-state index contributed by atoms with van der Waals surface area (Å²) in [5.74, 6) is 0.741. The number of hydrogen-bond acceptors (Lipinski definition) is 2. The topological polar surface area (TPSA) is 15.3 Å². The Bertz CT molecular complexity index is 138. The molecular formula is C12H28N2. The standard InChI is InChI=1S/C12H28N2/c1-11(9-13-5)10-14(6)8-7-12(2,3)4/h11,13H,7-10H2,1-6H3. The lowest BCUT2D eigenvalue weighted by molar-refractivity contribution is 0.238. The highest BCUT2D eigenvalue weighted by atomic mass is 15.1. The molecule has 0 radical (unpaired) electrons. The molecule has 1 atom stereocenters. The zero-order valence-electron chi connectivity index (χ0n) is 10.9. The molecule has 1 unspecified atom stereocenters. The fourth-order valence-corrected chi connectivity index (χ4v) is 1.56. The summed E-state index contributed by atoms with van der Waals surface area (Å²) in [6.07, 6.45) is 1.27. The summed E-state index contributed by atoms with van der Waals surface area (Å²) >= 11 is 0. The number of hydrogen-bond donors (Lipinski definition) is 1. The van der Waals surface area contributed by atoms with E-state index in [1.165, 1.54) is 19.5 Å². The SMILES string of the molecule is CNCC(C)CN(C)CCC(C)(C)C. The van der Waals surface area contributed by atoms with Crippen LogP contribution in [-0.4, -0.2) is 38.6 Å². The molecule has 0 spiro atoms. The molecule has 0 aromatic carbocycles. The van der Waals surface area contributed by atoms with Gasteiger partial charge in [-0.25, -0.2) is 0 Å². The van der Waals surface area contributed by atoms with E-state index in [-0.39, 0.29) is 0 Å². The van der Waals surface area contributed by atoms with E-state index in [1.54, 1.807) is 0 Å². The van der Waals surface area contributed by atoms with Gasteiger partial charge in [0.25, 0.3) is 0 Å². The minimum Gasteiger partial charge on any atom is -0.319 e. The fourth-order valence-electron chi connectivity index (χ4n) is 1.56. The Morgan fingerprint density at radius 1 is 1.29 bits per heavy atom. The van der Waals surface area contributed by atoms with Gasteiger partial charge in [-0.05, 0) is 44.9 Å². The number of nitrogens with one attached hydrogen (secondary N) is 1. The summed E-state index contributed by atoms with van der Waals surface area (Å²) in [6.45, 7) is 12.7. The van der Waals surface area contributed by atoms with Gasteiger partial charge in [0.15, 0.2) is 0 Å². The summed E-state index contributed by atoms with van der Waals surface area (Å²) < 4.78 is 0. The van der Waals surface area contributed by atoms with Crippen LogP contribution in [0.25, 0.3) is 0 Å². The van der Waals surface area contributed by atoms with Crippen LogP contribution < -0.4 is 5.32 Å². The van der Waals surface area contributed by atoms with E-state index in [0.29, 0.717) is 5.41 Å². The molecule has 0 saturated carbocycles. The van der Waals surface area contributed by atoms with Crippen LogP contribution in [0.3, 0.4) is 0 Å². The van der Waals surface area contributed by atoms with E-state index in [1.807, 2.05) is 7.05 Å². The molecule has 1 N–H and O–H groups in total. The molecule has 0 aliphatic heterocycles. The Morgan fingerprint density at radius 2 is 1.86 bits per heavy atom. The Hall–Kier alpha value is -0.0800. The van der Waals surface area contributed by atoms with Crippen LogP contribution in [0.5, 0.6) is 0 Å². The van der Waals surface area contributed by atoms with E-state index >= 15 is 0 Å². The van der Waals surface area contributed by atoms with Crippen molar-refractivity contribution in [3.8, 4) is 0 Å². The molecular weight excluding hydrogens is 172 g/mol. The largest absolute Gasteiger partial charge is 0.319 e. The monoisotopic (exact) mass is 200 g/mol. The molecule has 14 heavy (non-hydrogen) atoms. The highest BCUT2D eigenvalue weighted by molar-refractivity contribution is 4.66. The highest BCUT2D eigenvalue weighted by Crippen LogP contribution is 2.18. The van der Waals surface area contributed by atoms with Crippen molar-refractivity contribution in [3.05, 3.63) is 0 Å². The maximum absolute atomic E-state index is 3.22. The Labute approximate surface area is 90.1 Å². The first-order valence-electron chi connectivity index (χ1n) is 5.68. The molecule has 0 aliphatic rings. The van der Waals surface area contributed by atoms with E-state index in [4.69, 9.17) is 0 Å². The Morgan fingerprint density at radius 3 is 2.29 bits per heavy atom. The van der Waals surface area contributed by atoms with Gasteiger partial charge in [-0.1, -0.05) is 27.7 Å². The smallest absolute Gasteiger partial charge is 0.00161 e. The van der Waals surface area contributed by atoms with Crippen molar-refractivity contribution in [2.75, 3.05) is 33.7 Å². The van der Waals surface area contributed by atoms with E-state index in [9.17, 15) is 0 Å². The number of nitrogens with zero attached hydrogens (tertiary/aromatic N) is 1. The second-order valence-electron chi connectivity index (χ2n) is 5.74. The van der Waals surface area contributed by atoms with Gasteiger partial charge in [-0.3, -0.25) is 0 Å². The van der Waals surface area contributed by atoms with Gasteiger partial charge in [0, 0.05) is 6.54 Å². The van der Waals surface area contributed by atoms with E-state index in [2.05, 4.69) is 45.0 Å². The van der Waals surface area contributed by atoms with Gasteiger partial charge in [-0.2, -0.15) is 0 Å². The summed E-state index contributed by atoms with van der Waals surface area (Å²) in [4.78, 5) is 2.44. The average Bonchev–Trinajstić information content (AvgIpc) is 2.00. The molecule has 86 valence electrons. The van der Waals surface area contributed by atoms with Crippen molar-refractivity contribution in [1.29, 1.82) is 0 Å². The highest BCUT2D eigenvalue weighted by Gasteiger charge is 2.12. The minimum atomic E-state index is 0.459. The fraction of sp³-hybridized carbons (Fsp3) is 1.00. The molecule has 0 heterocycles. The van der Waals surface area contributed by atoms with Crippen molar-refractivity contribution < 1.29 is 0 Å². The molecule has 0 bridgehead atoms. The van der Waals surface area contributed by atoms with Crippen molar-refractivity contribution in [1.82, 2.24) is 10.2 Å². The Kier molecular flexibility index (Phi) is 6.38. The molecule has 0 rings (SSSR count). The molecule has 0 fully saturated rings. The predicted molar refractivity (Wildman–Crippen MR) is 64.7 cm³/mol. The first kappa shape index (κ1) is 13.9. The third-order valence-corrected chi connectivity index (χ3v) is 2.42. The summed E-state index contributed by atoms with van der Waals surface area (Å²) in [7, 11) is 4.24. The lowest BCUT2D eigenvalue weighted by atomic mass is 9.92. The third-order valence-electron chi connectivity index (χ3n) is 2.42. The third kappa shape index (κ3) is 8.52. The normalized spacial score (nSPS) is 14.8. The van der Waals surface area contributed by atoms with Crippen LogP contribution in [-0.2, 0) is 0 Å². The Balaban J connectivity index is 3.59. The van der Waals surface area contributed by atoms with Crippen molar-refractivity contribution in [3.63, 3.8) is 0 Å². The van der Waals surface area contributed by atoms with Crippen LogP contribution in [0.4, 0.5) is 0 Å². The summed E-state index contributed by atoms with van der Waals surface area (Å²) in [5, 5.41) is 3.22. The van der Waals surface area contributed by atoms with E-state index in [0.717, 1.165) is 12.5 Å². The molecule has 2 heteroatoms. The van der Waals surface area contributed by atoms with Crippen molar-refractivity contribution >= 4 is 0 Å². The first-order valence-corrected chi connectivity index (χ1v) is 5.68. The van der Waals surface area contributed by atoms with Gasteiger partial charge in [0.2, 0.25) is 0 Å². The summed E-state index contributed by atoms with van der Waals surface area (Å²) in [6, 6.07) is 0. The lowest BCUT2D eigenvalue weighted by Crippen LogP contribution is -2.31. The van der Waals surface area contributed by atoms with Crippen LogP contribution in [0, 0.1) is 11.3 Å². The molecule has 0 aromatic rings. The zero-order chi connectivity index (χ0) is 11.2. The minimum absolute atomic E-state index is 0.459. The quantitative estimate of drug-likeness (QED) is 0.707. The lowest BCUT2D eigenvalue weighted by Gasteiger charge is -2.25. The molecule has 0 aromatic heterocycles. The maximum atomic E-state index is 3.22. The van der Waals surface area contributed by atoms with Gasteiger partial charge >= 0.3 is 0 Å². The average molecular weight is 200 g/mol. The molecule has 0 saturated heterocycles. The van der Waals surface area contributed by atoms with Crippen LogP contribution >= 0.6 is 0 Å². The van der Waals surface area contributed by atoms with Crippen LogP contribution in [0.15, 0.2) is 0 Å². The van der Waals surface area contributed by atoms with Crippen molar-refractivity contribution in [2.24, 2.45) is 11.3 Å².